The van der Waals surface area contributed by atoms with Gasteiger partial charge in [0.15, 0.2) is 0 Å². The normalized spacial score (nSPS) is 14.2. The average molecular weight is 679 g/mol. The number of benzene rings is 3. The second-order valence-corrected chi connectivity index (χ2v) is 14.0. The maximum Gasteiger partial charge on any atom is 0.262 e. The molecule has 0 saturated carbocycles. The Hall–Kier alpha value is -2.38. The van der Waals surface area contributed by atoms with Gasteiger partial charge in [-0.15, -0.1) is 0 Å². The van der Waals surface area contributed by atoms with Crippen LogP contribution in [0.4, 0.5) is 15.8 Å². The van der Waals surface area contributed by atoms with Gasteiger partial charge in [0.05, 0.1) is 20.6 Å². The number of anilines is 2. The van der Waals surface area contributed by atoms with Crippen molar-refractivity contribution in [2.45, 2.75) is 36.0 Å². The third-order valence-electron chi connectivity index (χ3n) is 6.05. The SMILES string of the molecule is Cc1cc(F)c(Br)cc1NS(=O)(=O)c1ccc(NS(=O)(=O)c2cc(Cl)cc(Cl)c2)cc1C(=O)N1CCCCC1. The number of halogens is 4. The van der Waals surface area contributed by atoms with Gasteiger partial charge in [-0.05, 0) is 96.2 Å². The molecule has 0 radical (unpaired) electrons. The minimum atomic E-state index is -4.36. The summed E-state index contributed by atoms with van der Waals surface area (Å²) in [5.74, 6) is -1.12. The lowest BCUT2D eigenvalue weighted by atomic mass is 10.1. The summed E-state index contributed by atoms with van der Waals surface area (Å²) >= 11 is 15.0. The van der Waals surface area contributed by atoms with Crippen molar-refractivity contribution in [3.63, 3.8) is 0 Å². The second kappa shape index (κ2) is 11.6. The Morgan fingerprint density at radius 2 is 1.54 bits per heavy atom. The van der Waals surface area contributed by atoms with Gasteiger partial charge in [0, 0.05) is 28.8 Å². The van der Waals surface area contributed by atoms with Gasteiger partial charge in [-0.2, -0.15) is 0 Å². The number of carbonyl (C=O) groups excluding carboxylic acids is 1. The van der Waals surface area contributed by atoms with Crippen LogP contribution in [-0.4, -0.2) is 40.7 Å². The molecule has 0 aliphatic carbocycles. The molecule has 1 aliphatic heterocycles. The fourth-order valence-corrected chi connectivity index (χ4v) is 7.54. The van der Waals surface area contributed by atoms with Gasteiger partial charge in [-0.3, -0.25) is 14.2 Å². The minimum Gasteiger partial charge on any atom is -0.339 e. The molecule has 0 aromatic heterocycles. The summed E-state index contributed by atoms with van der Waals surface area (Å²) in [6.45, 7) is 2.41. The number of likely N-dealkylation sites (tertiary alicyclic amines) is 1. The quantitative estimate of drug-likeness (QED) is 0.299. The predicted molar refractivity (Wildman–Crippen MR) is 153 cm³/mol. The maximum atomic E-state index is 13.9. The minimum absolute atomic E-state index is 0.0360. The first-order valence-corrected chi connectivity index (χ1v) is 16.2. The molecule has 3 aromatic carbocycles. The summed E-state index contributed by atoms with van der Waals surface area (Å²) < 4.78 is 71.7. The molecule has 0 spiro atoms. The Balaban J connectivity index is 1.76. The van der Waals surface area contributed by atoms with Crippen molar-refractivity contribution in [2.75, 3.05) is 22.5 Å². The van der Waals surface area contributed by atoms with Crippen LogP contribution in [0.15, 0.2) is 62.8 Å². The molecular weight excluding hydrogens is 656 g/mol. The first kappa shape index (κ1) is 29.6. The van der Waals surface area contributed by atoms with Crippen molar-refractivity contribution in [3.8, 4) is 0 Å². The van der Waals surface area contributed by atoms with Crippen LogP contribution in [0.1, 0.15) is 35.2 Å². The molecule has 208 valence electrons. The number of piperidine rings is 1. The molecule has 0 bridgehead atoms. The second-order valence-electron chi connectivity index (χ2n) is 8.96. The van der Waals surface area contributed by atoms with Crippen molar-refractivity contribution in [1.29, 1.82) is 0 Å². The Morgan fingerprint density at radius 1 is 0.897 bits per heavy atom. The van der Waals surface area contributed by atoms with E-state index in [0.29, 0.717) is 18.7 Å². The average Bonchev–Trinajstić information content (AvgIpc) is 2.86. The summed E-state index contributed by atoms with van der Waals surface area (Å²) in [5, 5.41) is 0.221. The van der Waals surface area contributed by atoms with Crippen LogP contribution < -0.4 is 9.44 Å². The van der Waals surface area contributed by atoms with E-state index in [0.717, 1.165) is 25.3 Å². The van der Waals surface area contributed by atoms with Gasteiger partial charge in [0.1, 0.15) is 10.7 Å². The molecule has 1 saturated heterocycles. The number of carbonyl (C=O) groups is 1. The molecule has 1 aliphatic rings. The number of nitrogens with one attached hydrogen (secondary N) is 2. The van der Waals surface area contributed by atoms with E-state index in [9.17, 15) is 26.0 Å². The van der Waals surface area contributed by atoms with Crippen LogP contribution >= 0.6 is 39.1 Å². The molecule has 1 amide bonds. The Morgan fingerprint density at radius 3 is 2.18 bits per heavy atom. The molecule has 0 unspecified atom stereocenters. The fourth-order valence-electron chi connectivity index (χ4n) is 4.12. The topological polar surface area (TPSA) is 113 Å². The van der Waals surface area contributed by atoms with E-state index in [1.165, 1.54) is 54.3 Å². The largest absolute Gasteiger partial charge is 0.339 e. The van der Waals surface area contributed by atoms with Crippen LogP contribution in [0.3, 0.4) is 0 Å². The summed E-state index contributed by atoms with van der Waals surface area (Å²) in [7, 11) is -8.54. The number of nitrogens with zero attached hydrogens (tertiary/aromatic N) is 1. The third kappa shape index (κ3) is 6.86. The Kier molecular flexibility index (Phi) is 8.82. The van der Waals surface area contributed by atoms with Crippen molar-refractivity contribution in [1.82, 2.24) is 4.90 Å². The zero-order chi connectivity index (χ0) is 28.5. The standard InChI is InChI=1S/C25H23BrCl2FN3O5S2/c1-15-9-22(29)21(26)14-23(15)31-39(36,37)24-6-5-18(13-20(24)25(33)32-7-3-2-4-8-32)30-38(34,35)19-11-16(27)10-17(28)12-19/h5-6,9-14,30-31H,2-4,7-8H2,1H3. The van der Waals surface area contributed by atoms with Gasteiger partial charge in [-0.1, -0.05) is 23.2 Å². The highest BCUT2D eigenvalue weighted by Gasteiger charge is 2.28. The van der Waals surface area contributed by atoms with Crippen LogP contribution in [0.5, 0.6) is 0 Å². The van der Waals surface area contributed by atoms with Gasteiger partial charge in [-0.25, -0.2) is 21.2 Å². The summed E-state index contributed by atoms with van der Waals surface area (Å²) in [4.78, 5) is 14.5. The fraction of sp³-hybridized carbons (Fsp3) is 0.240. The zero-order valence-electron chi connectivity index (χ0n) is 20.5. The smallest absolute Gasteiger partial charge is 0.262 e. The van der Waals surface area contributed by atoms with Gasteiger partial charge < -0.3 is 4.90 Å². The molecule has 0 atom stereocenters. The molecule has 2 N–H and O–H groups in total. The van der Waals surface area contributed by atoms with E-state index < -0.39 is 31.8 Å². The highest BCUT2D eigenvalue weighted by atomic mass is 79.9. The zero-order valence-corrected chi connectivity index (χ0v) is 25.2. The van der Waals surface area contributed by atoms with Crippen molar-refractivity contribution in [2.24, 2.45) is 0 Å². The molecule has 14 heteroatoms. The predicted octanol–water partition coefficient (Wildman–Crippen LogP) is 6.43. The van der Waals surface area contributed by atoms with Crippen LogP contribution in [0.2, 0.25) is 10.0 Å². The number of hydrogen-bond acceptors (Lipinski definition) is 5. The van der Waals surface area contributed by atoms with Crippen LogP contribution in [0, 0.1) is 12.7 Å². The van der Waals surface area contributed by atoms with E-state index in [1.54, 1.807) is 0 Å². The molecule has 1 fully saturated rings. The number of sulfonamides is 2. The van der Waals surface area contributed by atoms with Gasteiger partial charge in [0.25, 0.3) is 26.0 Å². The molecule has 8 nitrogen and oxygen atoms in total. The molecule has 3 aromatic rings. The summed E-state index contributed by atoms with van der Waals surface area (Å²) in [6.07, 6.45) is 2.46. The lowest BCUT2D eigenvalue weighted by Gasteiger charge is -2.27. The summed E-state index contributed by atoms with van der Waals surface area (Å²) in [5.41, 5.74) is 0.189. The van der Waals surface area contributed by atoms with Crippen LogP contribution in [0.25, 0.3) is 0 Å². The molecule has 4 rings (SSSR count). The van der Waals surface area contributed by atoms with E-state index in [-0.39, 0.29) is 41.2 Å². The maximum absolute atomic E-state index is 13.9. The van der Waals surface area contributed by atoms with Crippen molar-refractivity contribution < 1.29 is 26.0 Å². The Labute approximate surface area is 244 Å². The van der Waals surface area contributed by atoms with E-state index >= 15 is 0 Å². The van der Waals surface area contributed by atoms with Crippen molar-refractivity contribution >= 4 is 76.5 Å². The van der Waals surface area contributed by atoms with Gasteiger partial charge in [0.2, 0.25) is 0 Å². The molecule has 39 heavy (non-hydrogen) atoms. The molecular formula is C25H23BrCl2FN3O5S2. The van der Waals surface area contributed by atoms with E-state index in [1.807, 2.05) is 0 Å². The van der Waals surface area contributed by atoms with Crippen LogP contribution in [-0.2, 0) is 20.0 Å². The van der Waals surface area contributed by atoms with Gasteiger partial charge >= 0.3 is 0 Å². The monoisotopic (exact) mass is 677 g/mol. The Bertz CT molecular complexity index is 1640. The van der Waals surface area contributed by atoms with E-state index in [2.05, 4.69) is 25.4 Å². The highest BCUT2D eigenvalue weighted by Crippen LogP contribution is 2.30. The lowest BCUT2D eigenvalue weighted by Crippen LogP contribution is -2.36. The van der Waals surface area contributed by atoms with E-state index in [4.69, 9.17) is 23.2 Å². The lowest BCUT2D eigenvalue weighted by molar-refractivity contribution is 0.0720. The summed E-state index contributed by atoms with van der Waals surface area (Å²) in [6, 6.07) is 9.82. The third-order valence-corrected chi connectivity index (χ3v) is 9.88. The number of amides is 1. The first-order chi connectivity index (χ1) is 18.3. The molecule has 1 heterocycles. The number of rotatable bonds is 7. The number of aryl methyl sites for hydroxylation is 1. The number of hydrogen-bond donors (Lipinski definition) is 2. The van der Waals surface area contributed by atoms with Crippen molar-refractivity contribution in [3.05, 3.63) is 80.0 Å². The highest BCUT2D eigenvalue weighted by molar-refractivity contribution is 9.10. The first-order valence-electron chi connectivity index (χ1n) is 11.7.